The minimum Gasteiger partial charge on any atom is -0.330 e. The van der Waals surface area contributed by atoms with Gasteiger partial charge in [-0.25, -0.2) is 8.42 Å². The van der Waals surface area contributed by atoms with Crippen LogP contribution >= 0.6 is 11.7 Å². The first-order valence-electron chi connectivity index (χ1n) is 6.04. The number of hydrogen-bond donors (Lipinski definition) is 1. The summed E-state index contributed by atoms with van der Waals surface area (Å²) in [6, 6.07) is 5.06. The minimum absolute atomic E-state index is 0.247. The van der Waals surface area contributed by atoms with Crippen molar-refractivity contribution >= 4 is 32.8 Å². The summed E-state index contributed by atoms with van der Waals surface area (Å²) < 4.78 is 34.9. The van der Waals surface area contributed by atoms with Gasteiger partial charge in [-0.05, 0) is 31.0 Å². The lowest BCUT2D eigenvalue weighted by Gasteiger charge is -2.16. The molecule has 0 saturated carbocycles. The Balaban J connectivity index is 2.03. The molecule has 19 heavy (non-hydrogen) atoms. The molecule has 2 aromatic rings. The van der Waals surface area contributed by atoms with E-state index >= 15 is 0 Å². The zero-order chi connectivity index (χ0) is 13.5. The number of fused-ring (bicyclic) bond motifs is 1. The van der Waals surface area contributed by atoms with Crippen LogP contribution in [0, 0.1) is 5.92 Å². The van der Waals surface area contributed by atoms with Crippen molar-refractivity contribution in [3.63, 3.8) is 0 Å². The van der Waals surface area contributed by atoms with Crippen LogP contribution in [0.4, 0.5) is 0 Å². The molecule has 0 radical (unpaired) electrons. The third kappa shape index (κ3) is 2.14. The van der Waals surface area contributed by atoms with Crippen molar-refractivity contribution in [1.82, 2.24) is 13.1 Å². The fraction of sp³-hybridized carbons (Fsp3) is 0.455. The predicted octanol–water partition coefficient (Wildman–Crippen LogP) is 0.661. The normalized spacial score (nSPS) is 21.2. The standard InChI is InChI=1S/C11H14N4O2S2/c12-6-8-4-5-15(7-8)19(16,17)10-3-1-2-9-11(10)14-18-13-9/h1-3,8H,4-7,12H2. The molecule has 8 heteroatoms. The maximum atomic E-state index is 12.6. The number of aromatic nitrogens is 2. The Hall–Kier alpha value is -1.09. The van der Waals surface area contributed by atoms with Gasteiger partial charge >= 0.3 is 0 Å². The second-order valence-electron chi connectivity index (χ2n) is 4.64. The Labute approximate surface area is 115 Å². The van der Waals surface area contributed by atoms with E-state index in [2.05, 4.69) is 8.75 Å². The molecule has 3 rings (SSSR count). The summed E-state index contributed by atoms with van der Waals surface area (Å²) in [5.41, 5.74) is 6.70. The molecule has 0 bridgehead atoms. The smallest absolute Gasteiger partial charge is 0.245 e. The second kappa shape index (κ2) is 4.78. The Morgan fingerprint density at radius 3 is 3.00 bits per heavy atom. The van der Waals surface area contributed by atoms with Gasteiger partial charge in [0.25, 0.3) is 0 Å². The fourth-order valence-electron chi connectivity index (χ4n) is 2.34. The molecule has 1 aliphatic rings. The molecule has 2 heterocycles. The van der Waals surface area contributed by atoms with Gasteiger partial charge in [0.1, 0.15) is 15.9 Å². The Morgan fingerprint density at radius 2 is 2.26 bits per heavy atom. The van der Waals surface area contributed by atoms with Crippen molar-refractivity contribution in [2.24, 2.45) is 11.7 Å². The van der Waals surface area contributed by atoms with Gasteiger partial charge in [0.05, 0.1) is 11.7 Å². The predicted molar refractivity (Wildman–Crippen MR) is 73.3 cm³/mol. The first-order chi connectivity index (χ1) is 9.13. The molecule has 0 aliphatic carbocycles. The van der Waals surface area contributed by atoms with Crippen molar-refractivity contribution < 1.29 is 8.42 Å². The maximum absolute atomic E-state index is 12.6. The van der Waals surface area contributed by atoms with Crippen LogP contribution in [0.25, 0.3) is 11.0 Å². The molecular weight excluding hydrogens is 284 g/mol. The molecule has 0 spiro atoms. The summed E-state index contributed by atoms with van der Waals surface area (Å²) in [7, 11) is -3.50. The van der Waals surface area contributed by atoms with E-state index < -0.39 is 10.0 Å². The highest BCUT2D eigenvalue weighted by Gasteiger charge is 2.33. The molecule has 1 unspecified atom stereocenters. The van der Waals surface area contributed by atoms with Crippen LogP contribution in [0.3, 0.4) is 0 Å². The summed E-state index contributed by atoms with van der Waals surface area (Å²) in [5.74, 6) is 0.252. The number of sulfonamides is 1. The van der Waals surface area contributed by atoms with Crippen molar-refractivity contribution in [2.75, 3.05) is 19.6 Å². The van der Waals surface area contributed by atoms with Crippen LogP contribution in [0.5, 0.6) is 0 Å². The molecule has 1 aromatic carbocycles. The molecule has 2 N–H and O–H groups in total. The minimum atomic E-state index is -3.50. The lowest BCUT2D eigenvalue weighted by atomic mass is 10.1. The molecule has 6 nitrogen and oxygen atoms in total. The average molecular weight is 298 g/mol. The molecule has 1 fully saturated rings. The quantitative estimate of drug-likeness (QED) is 0.899. The van der Waals surface area contributed by atoms with Gasteiger partial charge in [0.2, 0.25) is 10.0 Å². The first-order valence-corrected chi connectivity index (χ1v) is 8.21. The van der Waals surface area contributed by atoms with E-state index in [4.69, 9.17) is 5.73 Å². The Morgan fingerprint density at radius 1 is 1.42 bits per heavy atom. The highest BCUT2D eigenvalue weighted by Crippen LogP contribution is 2.28. The molecule has 102 valence electrons. The number of rotatable bonds is 3. The molecule has 1 aliphatic heterocycles. The van der Waals surface area contributed by atoms with E-state index in [-0.39, 0.29) is 10.8 Å². The van der Waals surface area contributed by atoms with Gasteiger partial charge in [-0.2, -0.15) is 13.1 Å². The molecular formula is C11H14N4O2S2. The van der Waals surface area contributed by atoms with Crippen LogP contribution in [0.1, 0.15) is 6.42 Å². The molecule has 1 saturated heterocycles. The van der Waals surface area contributed by atoms with E-state index in [0.717, 1.165) is 18.1 Å². The third-order valence-electron chi connectivity index (χ3n) is 3.45. The second-order valence-corrected chi connectivity index (χ2v) is 7.08. The van der Waals surface area contributed by atoms with Crippen molar-refractivity contribution in [2.45, 2.75) is 11.3 Å². The highest BCUT2D eigenvalue weighted by atomic mass is 32.2. The van der Waals surface area contributed by atoms with Crippen LogP contribution in [-0.2, 0) is 10.0 Å². The van der Waals surface area contributed by atoms with E-state index in [1.807, 2.05) is 0 Å². The van der Waals surface area contributed by atoms with E-state index in [0.29, 0.717) is 30.7 Å². The zero-order valence-corrected chi connectivity index (χ0v) is 11.8. The largest absolute Gasteiger partial charge is 0.330 e. The maximum Gasteiger partial charge on any atom is 0.245 e. The summed E-state index contributed by atoms with van der Waals surface area (Å²) >= 11 is 1.03. The highest BCUT2D eigenvalue weighted by molar-refractivity contribution is 7.89. The number of hydrogen-bond acceptors (Lipinski definition) is 6. The van der Waals surface area contributed by atoms with Gasteiger partial charge in [-0.3, -0.25) is 0 Å². The topological polar surface area (TPSA) is 89.2 Å². The lowest BCUT2D eigenvalue weighted by molar-refractivity contribution is 0.459. The van der Waals surface area contributed by atoms with E-state index in [9.17, 15) is 8.42 Å². The summed E-state index contributed by atoms with van der Waals surface area (Å²) in [6.45, 7) is 1.54. The molecule has 0 amide bonds. The van der Waals surface area contributed by atoms with Gasteiger partial charge in [-0.15, -0.1) is 0 Å². The number of benzene rings is 1. The first kappa shape index (κ1) is 12.9. The fourth-order valence-corrected chi connectivity index (χ4v) is 4.62. The van der Waals surface area contributed by atoms with Gasteiger partial charge in [0, 0.05) is 13.1 Å². The monoisotopic (exact) mass is 298 g/mol. The number of nitrogens with two attached hydrogens (primary N) is 1. The van der Waals surface area contributed by atoms with E-state index in [1.165, 1.54) is 4.31 Å². The van der Waals surface area contributed by atoms with Crippen molar-refractivity contribution in [3.8, 4) is 0 Å². The van der Waals surface area contributed by atoms with E-state index in [1.54, 1.807) is 18.2 Å². The third-order valence-corrected chi connectivity index (χ3v) is 5.89. The van der Waals surface area contributed by atoms with Gasteiger partial charge < -0.3 is 5.73 Å². The lowest BCUT2D eigenvalue weighted by Crippen LogP contribution is -2.30. The Kier molecular flexibility index (Phi) is 3.25. The van der Waals surface area contributed by atoms with Crippen LogP contribution in [-0.4, -0.2) is 41.1 Å². The zero-order valence-electron chi connectivity index (χ0n) is 10.2. The Bertz CT molecular complexity index is 698. The van der Waals surface area contributed by atoms with Crippen LogP contribution in [0.2, 0.25) is 0 Å². The summed E-state index contributed by atoms with van der Waals surface area (Å²) in [6.07, 6.45) is 0.820. The van der Waals surface area contributed by atoms with Crippen LogP contribution in [0.15, 0.2) is 23.1 Å². The summed E-state index contributed by atoms with van der Waals surface area (Å²) in [5, 5.41) is 0. The van der Waals surface area contributed by atoms with Crippen molar-refractivity contribution in [3.05, 3.63) is 18.2 Å². The average Bonchev–Trinajstić information content (AvgIpc) is 3.06. The molecule has 1 aromatic heterocycles. The van der Waals surface area contributed by atoms with Gasteiger partial charge in [-0.1, -0.05) is 6.07 Å². The molecule has 1 atom stereocenters. The summed E-state index contributed by atoms with van der Waals surface area (Å²) in [4.78, 5) is 0.247. The van der Waals surface area contributed by atoms with Gasteiger partial charge in [0.15, 0.2) is 0 Å². The number of nitrogens with zero attached hydrogens (tertiary/aromatic N) is 3. The van der Waals surface area contributed by atoms with Crippen LogP contribution < -0.4 is 5.73 Å². The van der Waals surface area contributed by atoms with Crippen molar-refractivity contribution in [1.29, 1.82) is 0 Å². The SMILES string of the molecule is NCC1CCN(S(=O)(=O)c2cccc3nsnc23)C1.